The predicted molar refractivity (Wildman–Crippen MR) is 167 cm³/mol. The molecular formula is C35H68O4. The Morgan fingerprint density at radius 1 is 0.462 bits per heavy atom. The third kappa shape index (κ3) is 31.3. The average molecular weight is 553 g/mol. The fraction of sp³-hybridized carbons (Fsp3) is 0.943. The Hall–Kier alpha value is -1.06. The van der Waals surface area contributed by atoms with Crippen molar-refractivity contribution in [2.45, 2.75) is 213 Å². The molecule has 1 unspecified atom stereocenters. The van der Waals surface area contributed by atoms with E-state index in [1.165, 1.54) is 109 Å². The van der Waals surface area contributed by atoms with Crippen molar-refractivity contribution in [2.24, 2.45) is 0 Å². The minimum atomic E-state index is -0.691. The molecule has 0 aliphatic rings. The lowest BCUT2D eigenvalue weighted by atomic mass is 10.0. The molecule has 0 aromatic heterocycles. The molecule has 0 amide bonds. The van der Waals surface area contributed by atoms with E-state index in [4.69, 9.17) is 9.84 Å². The van der Waals surface area contributed by atoms with Gasteiger partial charge in [-0.2, -0.15) is 0 Å². The number of carboxylic acids is 1. The first kappa shape index (κ1) is 37.9. The van der Waals surface area contributed by atoms with Crippen molar-refractivity contribution in [3.05, 3.63) is 0 Å². The second kappa shape index (κ2) is 31.5. The molecule has 0 aromatic carbocycles. The average Bonchev–Trinajstić information content (AvgIpc) is 2.91. The van der Waals surface area contributed by atoms with Crippen molar-refractivity contribution in [3.8, 4) is 0 Å². The minimum absolute atomic E-state index is 0.0126. The molecule has 232 valence electrons. The molecule has 0 aliphatic heterocycles. The summed E-state index contributed by atoms with van der Waals surface area (Å²) in [5.41, 5.74) is 0. The molecule has 4 nitrogen and oxygen atoms in total. The highest BCUT2D eigenvalue weighted by Crippen LogP contribution is 2.19. The van der Waals surface area contributed by atoms with Gasteiger partial charge < -0.3 is 9.84 Å². The van der Waals surface area contributed by atoms with E-state index in [2.05, 4.69) is 13.8 Å². The van der Waals surface area contributed by atoms with Gasteiger partial charge >= 0.3 is 11.9 Å². The first-order valence-electron chi connectivity index (χ1n) is 17.5. The highest BCUT2D eigenvalue weighted by Gasteiger charge is 2.14. The van der Waals surface area contributed by atoms with Crippen LogP contribution in [0.25, 0.3) is 0 Å². The molecule has 39 heavy (non-hydrogen) atoms. The third-order valence-electron chi connectivity index (χ3n) is 8.08. The van der Waals surface area contributed by atoms with Gasteiger partial charge in [0.1, 0.15) is 6.10 Å². The lowest BCUT2D eigenvalue weighted by molar-refractivity contribution is -0.150. The Balaban J connectivity index is 3.89. The molecular weight excluding hydrogens is 484 g/mol. The van der Waals surface area contributed by atoms with Crippen LogP contribution >= 0.6 is 0 Å². The van der Waals surface area contributed by atoms with Gasteiger partial charge in [0, 0.05) is 12.8 Å². The van der Waals surface area contributed by atoms with Crippen LogP contribution in [0.5, 0.6) is 0 Å². The normalized spacial score (nSPS) is 12.1. The second-order valence-corrected chi connectivity index (χ2v) is 12.1. The highest BCUT2D eigenvalue weighted by atomic mass is 16.5. The van der Waals surface area contributed by atoms with Crippen molar-refractivity contribution in [1.29, 1.82) is 0 Å². The maximum absolute atomic E-state index is 12.5. The number of rotatable bonds is 32. The van der Waals surface area contributed by atoms with Crippen molar-refractivity contribution in [3.63, 3.8) is 0 Å². The Bertz CT molecular complexity index is 519. The maximum Gasteiger partial charge on any atom is 0.306 e. The number of aliphatic carboxylic acids is 1. The minimum Gasteiger partial charge on any atom is -0.481 e. The zero-order valence-corrected chi connectivity index (χ0v) is 26.5. The molecule has 0 rings (SSSR count). The zero-order chi connectivity index (χ0) is 28.7. The van der Waals surface area contributed by atoms with E-state index < -0.39 is 5.97 Å². The standard InChI is InChI=1S/C35H68O4/c1-3-5-7-9-11-12-13-14-15-16-17-18-24-28-32-35(38)39-33(29-25-21-10-8-6-4-2)30-26-22-19-20-23-27-31-34(36)37/h33H,3-32H2,1-2H3,(H,36,37). The Morgan fingerprint density at radius 2 is 0.769 bits per heavy atom. The smallest absolute Gasteiger partial charge is 0.306 e. The van der Waals surface area contributed by atoms with Crippen molar-refractivity contribution >= 4 is 11.9 Å². The quantitative estimate of drug-likeness (QED) is 0.0665. The molecule has 0 saturated heterocycles. The molecule has 0 aromatic rings. The number of hydrogen-bond acceptors (Lipinski definition) is 3. The molecule has 0 radical (unpaired) electrons. The van der Waals surface area contributed by atoms with E-state index >= 15 is 0 Å². The van der Waals surface area contributed by atoms with E-state index in [0.29, 0.717) is 6.42 Å². The summed E-state index contributed by atoms with van der Waals surface area (Å²) in [5.74, 6) is -0.679. The summed E-state index contributed by atoms with van der Waals surface area (Å²) in [7, 11) is 0. The number of carboxylic acid groups (broad SMARTS) is 1. The van der Waals surface area contributed by atoms with Gasteiger partial charge in [-0.1, -0.05) is 155 Å². The molecule has 0 spiro atoms. The summed E-state index contributed by atoms with van der Waals surface area (Å²) in [6, 6.07) is 0. The van der Waals surface area contributed by atoms with Gasteiger partial charge in [0.05, 0.1) is 0 Å². The maximum atomic E-state index is 12.5. The largest absolute Gasteiger partial charge is 0.481 e. The van der Waals surface area contributed by atoms with E-state index in [1.54, 1.807) is 0 Å². The van der Waals surface area contributed by atoms with E-state index in [1.807, 2.05) is 0 Å². The number of esters is 1. The Kier molecular flexibility index (Phi) is 30.6. The van der Waals surface area contributed by atoms with E-state index in [-0.39, 0.29) is 18.5 Å². The first-order chi connectivity index (χ1) is 19.1. The second-order valence-electron chi connectivity index (χ2n) is 12.1. The molecule has 0 bridgehead atoms. The van der Waals surface area contributed by atoms with Gasteiger partial charge in [-0.25, -0.2) is 0 Å². The number of carbonyl (C=O) groups is 2. The predicted octanol–water partition coefficient (Wildman–Crippen LogP) is 11.7. The molecule has 0 saturated carbocycles. The van der Waals surface area contributed by atoms with Crippen LogP contribution in [-0.4, -0.2) is 23.1 Å². The number of hydrogen-bond donors (Lipinski definition) is 1. The van der Waals surface area contributed by atoms with Gasteiger partial charge in [0.25, 0.3) is 0 Å². The monoisotopic (exact) mass is 553 g/mol. The SMILES string of the molecule is CCCCCCCCCCCCCCCCC(=O)OC(CCCCCCCC)CCCCCCCCC(=O)O. The van der Waals surface area contributed by atoms with Crippen LogP contribution in [0.3, 0.4) is 0 Å². The van der Waals surface area contributed by atoms with Crippen LogP contribution in [-0.2, 0) is 14.3 Å². The number of carbonyl (C=O) groups excluding carboxylic acids is 1. The van der Waals surface area contributed by atoms with E-state index in [0.717, 1.165) is 70.6 Å². The van der Waals surface area contributed by atoms with Crippen molar-refractivity contribution in [1.82, 2.24) is 0 Å². The third-order valence-corrected chi connectivity index (χ3v) is 8.08. The lowest BCUT2D eigenvalue weighted by Crippen LogP contribution is -2.18. The van der Waals surface area contributed by atoms with Gasteiger partial charge in [-0.05, 0) is 38.5 Å². The number of unbranched alkanes of at least 4 members (excludes halogenated alkanes) is 23. The van der Waals surface area contributed by atoms with Gasteiger partial charge in [0.2, 0.25) is 0 Å². The van der Waals surface area contributed by atoms with Gasteiger partial charge in [-0.15, -0.1) is 0 Å². The summed E-state index contributed by atoms with van der Waals surface area (Å²) in [4.78, 5) is 23.1. The molecule has 0 aliphatic carbocycles. The summed E-state index contributed by atoms with van der Waals surface area (Å²) in [6.07, 6.45) is 35.5. The fourth-order valence-electron chi connectivity index (χ4n) is 5.48. The summed E-state index contributed by atoms with van der Waals surface area (Å²) < 4.78 is 5.96. The number of ether oxygens (including phenoxy) is 1. The molecule has 1 atom stereocenters. The molecule has 1 N–H and O–H groups in total. The topological polar surface area (TPSA) is 63.6 Å². The highest BCUT2D eigenvalue weighted by molar-refractivity contribution is 5.69. The van der Waals surface area contributed by atoms with Crippen LogP contribution < -0.4 is 0 Å². The van der Waals surface area contributed by atoms with Crippen LogP contribution in [0.2, 0.25) is 0 Å². The summed E-state index contributed by atoms with van der Waals surface area (Å²) >= 11 is 0. The van der Waals surface area contributed by atoms with Gasteiger partial charge in [0.15, 0.2) is 0 Å². The lowest BCUT2D eigenvalue weighted by Gasteiger charge is -2.18. The molecule has 0 fully saturated rings. The van der Waals surface area contributed by atoms with Crippen molar-refractivity contribution in [2.75, 3.05) is 0 Å². The van der Waals surface area contributed by atoms with Crippen LogP contribution in [0.4, 0.5) is 0 Å². The van der Waals surface area contributed by atoms with Crippen LogP contribution in [0.1, 0.15) is 206 Å². The first-order valence-corrected chi connectivity index (χ1v) is 17.5. The van der Waals surface area contributed by atoms with Gasteiger partial charge in [-0.3, -0.25) is 9.59 Å². The molecule has 4 heteroatoms. The molecule has 0 heterocycles. The van der Waals surface area contributed by atoms with E-state index in [9.17, 15) is 9.59 Å². The van der Waals surface area contributed by atoms with Crippen LogP contribution in [0, 0.1) is 0 Å². The zero-order valence-electron chi connectivity index (χ0n) is 26.5. The Morgan fingerprint density at radius 3 is 1.13 bits per heavy atom. The summed E-state index contributed by atoms with van der Waals surface area (Å²) in [6.45, 7) is 4.53. The van der Waals surface area contributed by atoms with Crippen LogP contribution in [0.15, 0.2) is 0 Å². The summed E-state index contributed by atoms with van der Waals surface area (Å²) in [5, 5.41) is 8.74. The Labute approximate surface area is 243 Å². The fourth-order valence-corrected chi connectivity index (χ4v) is 5.48. The van der Waals surface area contributed by atoms with Crippen molar-refractivity contribution < 1.29 is 19.4 Å².